The Kier molecular flexibility index (Phi) is 5.76. The van der Waals surface area contributed by atoms with Crippen LogP contribution in [0.3, 0.4) is 0 Å². The zero-order chi connectivity index (χ0) is 19.5. The molecule has 150 valence electrons. The van der Waals surface area contributed by atoms with Crippen LogP contribution in [0.1, 0.15) is 50.5 Å². The molecule has 4 rings (SSSR count). The molecular weight excluding hydrogens is 359 g/mol. The summed E-state index contributed by atoms with van der Waals surface area (Å²) in [5.41, 5.74) is 1.48. The lowest BCUT2D eigenvalue weighted by Gasteiger charge is -2.31. The number of halogens is 1. The number of rotatable bonds is 3. The average Bonchev–Trinajstić information content (AvgIpc) is 2.94. The van der Waals surface area contributed by atoms with Gasteiger partial charge in [-0.2, -0.15) is 0 Å². The van der Waals surface area contributed by atoms with Crippen molar-refractivity contribution in [2.24, 2.45) is 0 Å². The van der Waals surface area contributed by atoms with Crippen molar-refractivity contribution in [1.82, 2.24) is 9.80 Å². The fraction of sp³-hybridized carbons (Fsp3) is 0.545. The van der Waals surface area contributed by atoms with Gasteiger partial charge >= 0.3 is 0 Å². The number of imide groups is 1. The Labute approximate surface area is 165 Å². The topological polar surface area (TPSA) is 49.9 Å². The first kappa shape index (κ1) is 19.1. The van der Waals surface area contributed by atoms with Gasteiger partial charge in [0.05, 0.1) is 18.8 Å². The van der Waals surface area contributed by atoms with E-state index in [0.29, 0.717) is 43.1 Å². The summed E-state index contributed by atoms with van der Waals surface area (Å²) in [5, 5.41) is 0. The third-order valence-corrected chi connectivity index (χ3v) is 5.99. The fourth-order valence-corrected chi connectivity index (χ4v) is 4.52. The summed E-state index contributed by atoms with van der Waals surface area (Å²) in [7, 11) is 0. The number of ether oxygens (including phenoxy) is 1. The molecule has 2 fully saturated rings. The maximum absolute atomic E-state index is 13.5. The first-order valence-electron chi connectivity index (χ1n) is 10.4. The van der Waals surface area contributed by atoms with Gasteiger partial charge in [-0.1, -0.05) is 44.2 Å². The van der Waals surface area contributed by atoms with E-state index in [-0.39, 0.29) is 23.7 Å². The van der Waals surface area contributed by atoms with Crippen molar-refractivity contribution in [2.75, 3.05) is 26.3 Å². The highest BCUT2D eigenvalue weighted by Crippen LogP contribution is 2.35. The Morgan fingerprint density at radius 1 is 0.857 bits per heavy atom. The van der Waals surface area contributed by atoms with Gasteiger partial charge in [0.15, 0.2) is 0 Å². The molecule has 3 aliphatic rings. The van der Waals surface area contributed by atoms with Crippen LogP contribution in [-0.2, 0) is 14.3 Å². The molecule has 1 aromatic carbocycles. The average molecular weight is 386 g/mol. The Hall–Kier alpha value is -2.21. The highest BCUT2D eigenvalue weighted by Gasteiger charge is 2.44. The van der Waals surface area contributed by atoms with Gasteiger partial charge in [-0.3, -0.25) is 14.5 Å². The molecule has 1 saturated carbocycles. The van der Waals surface area contributed by atoms with Gasteiger partial charge in [0.2, 0.25) is 0 Å². The number of carbonyl (C=O) groups excluding carboxylic acids is 2. The SMILES string of the molecule is O=C1C(c2ccc(F)cc2)=C(N2CCOCC2)C(=O)N1C1CCCCCCC1. The number of hydrogen-bond acceptors (Lipinski definition) is 4. The molecule has 1 saturated heterocycles. The minimum absolute atomic E-state index is 0.0470. The Balaban J connectivity index is 1.71. The van der Waals surface area contributed by atoms with Crippen molar-refractivity contribution in [1.29, 1.82) is 0 Å². The van der Waals surface area contributed by atoms with Crippen molar-refractivity contribution >= 4 is 17.4 Å². The molecule has 0 N–H and O–H groups in total. The molecule has 0 spiro atoms. The third kappa shape index (κ3) is 3.70. The molecule has 0 aromatic heterocycles. The number of morpholine rings is 1. The Bertz CT molecular complexity index is 760. The molecule has 2 aliphatic heterocycles. The van der Waals surface area contributed by atoms with E-state index < -0.39 is 0 Å². The van der Waals surface area contributed by atoms with Crippen LogP contribution in [0, 0.1) is 5.82 Å². The lowest BCUT2D eigenvalue weighted by Crippen LogP contribution is -2.44. The molecule has 2 amide bonds. The van der Waals surface area contributed by atoms with Crippen LogP contribution in [0.25, 0.3) is 5.57 Å². The summed E-state index contributed by atoms with van der Waals surface area (Å²) < 4.78 is 18.9. The molecule has 1 aliphatic carbocycles. The van der Waals surface area contributed by atoms with Gasteiger partial charge in [-0.25, -0.2) is 4.39 Å². The number of hydrogen-bond donors (Lipinski definition) is 0. The number of amides is 2. The monoisotopic (exact) mass is 386 g/mol. The standard InChI is InChI=1S/C22H27FN2O3/c23-17-10-8-16(9-11-17)19-20(24-12-14-28-15-13-24)22(27)25(21(19)26)18-6-4-2-1-3-5-7-18/h8-11,18H,1-7,12-15H2. The van der Waals surface area contributed by atoms with Gasteiger partial charge in [0.25, 0.3) is 11.8 Å². The van der Waals surface area contributed by atoms with Crippen LogP contribution in [0.4, 0.5) is 4.39 Å². The second-order valence-corrected chi connectivity index (χ2v) is 7.81. The van der Waals surface area contributed by atoms with Crippen molar-refractivity contribution in [3.8, 4) is 0 Å². The van der Waals surface area contributed by atoms with Crippen LogP contribution in [0.5, 0.6) is 0 Å². The lowest BCUT2D eigenvalue weighted by atomic mass is 9.95. The smallest absolute Gasteiger partial charge is 0.278 e. The molecule has 28 heavy (non-hydrogen) atoms. The fourth-order valence-electron chi connectivity index (χ4n) is 4.52. The Morgan fingerprint density at radius 2 is 1.46 bits per heavy atom. The molecule has 0 bridgehead atoms. The summed E-state index contributed by atoms with van der Waals surface area (Å²) in [4.78, 5) is 30.4. The Morgan fingerprint density at radius 3 is 2.11 bits per heavy atom. The number of nitrogens with zero attached hydrogens (tertiary/aromatic N) is 2. The maximum atomic E-state index is 13.5. The highest BCUT2D eigenvalue weighted by atomic mass is 19.1. The molecule has 0 radical (unpaired) electrons. The molecule has 2 heterocycles. The van der Waals surface area contributed by atoms with E-state index in [0.717, 1.165) is 38.5 Å². The minimum Gasteiger partial charge on any atom is -0.378 e. The molecule has 0 unspecified atom stereocenters. The van der Waals surface area contributed by atoms with Gasteiger partial charge in [0, 0.05) is 19.1 Å². The van der Waals surface area contributed by atoms with Crippen LogP contribution < -0.4 is 0 Å². The largest absolute Gasteiger partial charge is 0.378 e. The van der Waals surface area contributed by atoms with Gasteiger partial charge < -0.3 is 9.64 Å². The molecule has 6 heteroatoms. The van der Waals surface area contributed by atoms with Crippen LogP contribution in [0.2, 0.25) is 0 Å². The van der Waals surface area contributed by atoms with Crippen LogP contribution >= 0.6 is 0 Å². The number of benzene rings is 1. The zero-order valence-corrected chi connectivity index (χ0v) is 16.2. The number of carbonyl (C=O) groups is 2. The van der Waals surface area contributed by atoms with E-state index >= 15 is 0 Å². The van der Waals surface area contributed by atoms with E-state index in [9.17, 15) is 14.0 Å². The first-order chi connectivity index (χ1) is 13.7. The molecule has 5 nitrogen and oxygen atoms in total. The maximum Gasteiger partial charge on any atom is 0.278 e. The third-order valence-electron chi connectivity index (χ3n) is 5.99. The zero-order valence-electron chi connectivity index (χ0n) is 16.2. The van der Waals surface area contributed by atoms with Gasteiger partial charge in [0.1, 0.15) is 11.5 Å². The summed E-state index contributed by atoms with van der Waals surface area (Å²) in [6.07, 6.45) is 7.35. The predicted octanol–water partition coefficient (Wildman–Crippen LogP) is 3.35. The minimum atomic E-state index is -0.356. The van der Waals surface area contributed by atoms with E-state index in [1.807, 2.05) is 4.90 Å². The van der Waals surface area contributed by atoms with E-state index in [1.54, 1.807) is 12.1 Å². The first-order valence-corrected chi connectivity index (χ1v) is 10.4. The van der Waals surface area contributed by atoms with Gasteiger partial charge in [-0.05, 0) is 30.5 Å². The van der Waals surface area contributed by atoms with Crippen LogP contribution in [0.15, 0.2) is 30.0 Å². The summed E-state index contributed by atoms with van der Waals surface area (Å²) in [6, 6.07) is 5.83. The van der Waals surface area contributed by atoms with Crippen LogP contribution in [-0.4, -0.2) is 54.0 Å². The quantitative estimate of drug-likeness (QED) is 0.748. The summed E-state index contributed by atoms with van der Waals surface area (Å²) in [5.74, 6) is -0.786. The summed E-state index contributed by atoms with van der Waals surface area (Å²) >= 11 is 0. The highest BCUT2D eigenvalue weighted by molar-refractivity contribution is 6.35. The molecule has 0 atom stereocenters. The van der Waals surface area contributed by atoms with Gasteiger partial charge in [-0.15, -0.1) is 0 Å². The summed E-state index contributed by atoms with van der Waals surface area (Å²) in [6.45, 7) is 2.23. The molecule has 1 aromatic rings. The van der Waals surface area contributed by atoms with Crippen molar-refractivity contribution < 1.29 is 18.7 Å². The van der Waals surface area contributed by atoms with E-state index in [4.69, 9.17) is 4.74 Å². The second kappa shape index (κ2) is 8.43. The predicted molar refractivity (Wildman–Crippen MR) is 104 cm³/mol. The normalized spacial score (nSPS) is 22.6. The van der Waals surface area contributed by atoms with E-state index in [2.05, 4.69) is 0 Å². The molecular formula is C22H27FN2O3. The lowest BCUT2D eigenvalue weighted by molar-refractivity contribution is -0.141. The van der Waals surface area contributed by atoms with Crippen molar-refractivity contribution in [2.45, 2.75) is 51.0 Å². The van der Waals surface area contributed by atoms with Crippen molar-refractivity contribution in [3.63, 3.8) is 0 Å². The van der Waals surface area contributed by atoms with E-state index in [1.165, 1.54) is 23.5 Å². The second-order valence-electron chi connectivity index (χ2n) is 7.81. The van der Waals surface area contributed by atoms with Crippen molar-refractivity contribution in [3.05, 3.63) is 41.3 Å².